The lowest BCUT2D eigenvalue weighted by atomic mass is 10.3. The number of fused-ring (bicyclic) bond motifs is 1. The first kappa shape index (κ1) is 12.7. The van der Waals surface area contributed by atoms with Gasteiger partial charge in [0, 0.05) is 6.20 Å². The van der Waals surface area contributed by atoms with E-state index in [-0.39, 0.29) is 5.56 Å². The molecule has 0 aliphatic heterocycles. The molecule has 3 rings (SSSR count). The van der Waals surface area contributed by atoms with Crippen molar-refractivity contribution in [2.24, 2.45) is 0 Å². The van der Waals surface area contributed by atoms with Gasteiger partial charge in [-0.05, 0) is 24.3 Å². The van der Waals surface area contributed by atoms with Gasteiger partial charge in [0.15, 0.2) is 5.58 Å². The quantitative estimate of drug-likeness (QED) is 0.742. The van der Waals surface area contributed by atoms with Crippen molar-refractivity contribution in [2.45, 2.75) is 10.8 Å². The Balaban J connectivity index is 1.81. The molecule has 2 heterocycles. The topological polar surface area (TPSA) is 76.2 Å². The molecule has 0 saturated carbocycles. The van der Waals surface area contributed by atoms with Crippen LogP contribution in [0, 0.1) is 0 Å². The number of carboxylic acid groups (broad SMARTS) is 1. The number of aromatic carboxylic acids is 1. The van der Waals surface area contributed by atoms with Crippen molar-refractivity contribution in [1.29, 1.82) is 0 Å². The molecule has 3 aromatic rings. The molecule has 1 N–H and O–H groups in total. The van der Waals surface area contributed by atoms with Crippen LogP contribution in [0.3, 0.4) is 0 Å². The molecule has 20 heavy (non-hydrogen) atoms. The number of oxazole rings is 1. The highest BCUT2D eigenvalue weighted by Crippen LogP contribution is 2.25. The van der Waals surface area contributed by atoms with Crippen LogP contribution in [0.4, 0.5) is 0 Å². The second-order valence-corrected chi connectivity index (χ2v) is 4.99. The lowest BCUT2D eigenvalue weighted by Gasteiger charge is -2.01. The highest BCUT2D eigenvalue weighted by Gasteiger charge is 2.13. The van der Waals surface area contributed by atoms with E-state index in [0.29, 0.717) is 16.7 Å². The van der Waals surface area contributed by atoms with Crippen LogP contribution in [0.2, 0.25) is 0 Å². The summed E-state index contributed by atoms with van der Waals surface area (Å²) in [7, 11) is 0. The highest BCUT2D eigenvalue weighted by molar-refractivity contribution is 7.98. The van der Waals surface area contributed by atoms with E-state index in [4.69, 9.17) is 9.52 Å². The Morgan fingerprint density at radius 3 is 2.90 bits per heavy atom. The minimum atomic E-state index is -0.988. The molecule has 0 saturated heterocycles. The number of thioether (sulfide) groups is 1. The minimum Gasteiger partial charge on any atom is -0.478 e. The monoisotopic (exact) mass is 286 g/mol. The first-order valence-corrected chi connectivity index (χ1v) is 6.88. The van der Waals surface area contributed by atoms with Gasteiger partial charge in [0.25, 0.3) is 0 Å². The van der Waals surface area contributed by atoms with Crippen molar-refractivity contribution in [2.75, 3.05) is 0 Å². The Hall–Kier alpha value is -2.34. The third kappa shape index (κ3) is 2.50. The van der Waals surface area contributed by atoms with E-state index in [1.165, 1.54) is 17.8 Å². The molecule has 6 heteroatoms. The number of rotatable bonds is 4. The summed E-state index contributed by atoms with van der Waals surface area (Å²) in [6.07, 6.45) is 1.57. The van der Waals surface area contributed by atoms with Gasteiger partial charge >= 0.3 is 5.97 Å². The van der Waals surface area contributed by atoms with Crippen molar-refractivity contribution < 1.29 is 14.3 Å². The van der Waals surface area contributed by atoms with Gasteiger partial charge in [-0.25, -0.2) is 14.8 Å². The zero-order valence-electron chi connectivity index (χ0n) is 10.3. The molecule has 0 radical (unpaired) electrons. The van der Waals surface area contributed by atoms with Gasteiger partial charge in [-0.15, -0.1) is 0 Å². The van der Waals surface area contributed by atoms with Gasteiger partial charge in [0.1, 0.15) is 10.5 Å². The predicted molar refractivity (Wildman–Crippen MR) is 74.8 cm³/mol. The molecule has 1 aromatic carbocycles. The first-order valence-electron chi connectivity index (χ1n) is 5.89. The van der Waals surface area contributed by atoms with Crippen LogP contribution in [-0.4, -0.2) is 21.0 Å². The number of carboxylic acids is 1. The maximum atomic E-state index is 11.1. The van der Waals surface area contributed by atoms with Crippen molar-refractivity contribution in [3.05, 3.63) is 54.0 Å². The number of nitrogens with zero attached hydrogens (tertiary/aromatic N) is 2. The average Bonchev–Trinajstić information content (AvgIpc) is 2.88. The standard InChI is InChI=1S/C14H10N2O3S/c17-14(18)9-4-3-7-15-13(9)20-8-12-16-10-5-1-2-6-11(10)19-12/h1-7H,8H2,(H,17,18). The molecule has 0 unspecified atom stereocenters. The van der Waals surface area contributed by atoms with Gasteiger partial charge in [0.05, 0.1) is 11.3 Å². The van der Waals surface area contributed by atoms with Gasteiger partial charge in [-0.2, -0.15) is 0 Å². The van der Waals surface area contributed by atoms with Crippen molar-refractivity contribution in [3.8, 4) is 0 Å². The molecule has 2 aromatic heterocycles. The van der Waals surface area contributed by atoms with Crippen LogP contribution >= 0.6 is 11.8 Å². The van der Waals surface area contributed by atoms with Gasteiger partial charge in [-0.3, -0.25) is 0 Å². The molecule has 0 aliphatic rings. The largest absolute Gasteiger partial charge is 0.478 e. The normalized spacial score (nSPS) is 10.8. The summed E-state index contributed by atoms with van der Waals surface area (Å²) in [6, 6.07) is 10.6. The fourth-order valence-electron chi connectivity index (χ4n) is 1.78. The summed E-state index contributed by atoms with van der Waals surface area (Å²) in [5.74, 6) is 0.00255. The van der Waals surface area contributed by atoms with E-state index < -0.39 is 5.97 Å². The second kappa shape index (κ2) is 5.34. The van der Waals surface area contributed by atoms with Crippen LogP contribution in [0.1, 0.15) is 16.2 Å². The van der Waals surface area contributed by atoms with Crippen LogP contribution in [0.5, 0.6) is 0 Å². The number of hydrogen-bond acceptors (Lipinski definition) is 5. The maximum absolute atomic E-state index is 11.1. The number of pyridine rings is 1. The summed E-state index contributed by atoms with van der Waals surface area (Å²) in [4.78, 5) is 19.5. The minimum absolute atomic E-state index is 0.189. The van der Waals surface area contributed by atoms with Crippen molar-refractivity contribution >= 4 is 28.8 Å². The second-order valence-electron chi connectivity index (χ2n) is 4.03. The summed E-state index contributed by atoms with van der Waals surface area (Å²) in [5.41, 5.74) is 1.71. The Kier molecular flexibility index (Phi) is 3.39. The highest BCUT2D eigenvalue weighted by atomic mass is 32.2. The summed E-state index contributed by atoms with van der Waals surface area (Å²) < 4.78 is 5.58. The first-order chi connectivity index (χ1) is 9.74. The molecule has 0 amide bonds. The smallest absolute Gasteiger partial charge is 0.338 e. The average molecular weight is 286 g/mol. The Bertz CT molecular complexity index is 737. The molecule has 0 aliphatic carbocycles. The zero-order chi connectivity index (χ0) is 13.9. The van der Waals surface area contributed by atoms with Gasteiger partial charge in [-0.1, -0.05) is 23.9 Å². The number of carbonyl (C=O) groups is 1. The lowest BCUT2D eigenvalue weighted by Crippen LogP contribution is -2.00. The van der Waals surface area contributed by atoms with E-state index in [2.05, 4.69) is 9.97 Å². The number of hydrogen-bond donors (Lipinski definition) is 1. The van der Waals surface area contributed by atoms with E-state index in [1.54, 1.807) is 12.3 Å². The van der Waals surface area contributed by atoms with E-state index in [0.717, 1.165) is 11.1 Å². The maximum Gasteiger partial charge on any atom is 0.338 e. The number of para-hydroxylation sites is 2. The zero-order valence-corrected chi connectivity index (χ0v) is 11.1. The lowest BCUT2D eigenvalue weighted by molar-refractivity contribution is 0.0692. The van der Waals surface area contributed by atoms with E-state index >= 15 is 0 Å². The molecule has 5 nitrogen and oxygen atoms in total. The van der Waals surface area contributed by atoms with E-state index in [1.807, 2.05) is 24.3 Å². The Labute approximate surface area is 118 Å². The predicted octanol–water partition coefficient (Wildman–Crippen LogP) is 3.21. The fourth-order valence-corrected chi connectivity index (χ4v) is 2.61. The van der Waals surface area contributed by atoms with Gasteiger partial charge < -0.3 is 9.52 Å². The summed E-state index contributed by atoms with van der Waals surface area (Å²) in [5, 5.41) is 9.55. The number of aromatic nitrogens is 2. The van der Waals surface area contributed by atoms with Crippen LogP contribution in [0.25, 0.3) is 11.1 Å². The van der Waals surface area contributed by atoms with Crippen molar-refractivity contribution in [1.82, 2.24) is 9.97 Å². The summed E-state index contributed by atoms with van der Waals surface area (Å²) >= 11 is 1.30. The Morgan fingerprint density at radius 2 is 2.10 bits per heavy atom. The number of benzene rings is 1. The summed E-state index contributed by atoms with van der Waals surface area (Å²) in [6.45, 7) is 0. The molecule has 0 spiro atoms. The Morgan fingerprint density at radius 1 is 1.25 bits per heavy atom. The third-order valence-electron chi connectivity index (χ3n) is 2.67. The molecular weight excluding hydrogens is 276 g/mol. The van der Waals surface area contributed by atoms with Crippen LogP contribution in [-0.2, 0) is 5.75 Å². The molecule has 100 valence electrons. The third-order valence-corrected chi connectivity index (χ3v) is 3.66. The fraction of sp³-hybridized carbons (Fsp3) is 0.0714. The molecule has 0 fully saturated rings. The van der Waals surface area contributed by atoms with E-state index in [9.17, 15) is 4.79 Å². The molecular formula is C14H10N2O3S. The molecule has 0 atom stereocenters. The van der Waals surface area contributed by atoms with Crippen LogP contribution in [0.15, 0.2) is 52.0 Å². The van der Waals surface area contributed by atoms with Crippen LogP contribution < -0.4 is 0 Å². The molecule has 0 bridgehead atoms. The SMILES string of the molecule is O=C(O)c1cccnc1SCc1nc2ccccc2o1. The van der Waals surface area contributed by atoms with Gasteiger partial charge in [0.2, 0.25) is 5.89 Å². The van der Waals surface area contributed by atoms with Crippen molar-refractivity contribution in [3.63, 3.8) is 0 Å².